The molecular weight excluding hydrogens is 362 g/mol. The number of anilines is 1. The molecule has 0 spiro atoms. The Morgan fingerprint density at radius 2 is 1.62 bits per heavy atom. The lowest BCUT2D eigenvalue weighted by Crippen LogP contribution is -2.11. The summed E-state index contributed by atoms with van der Waals surface area (Å²) in [6, 6.07) is 7.32. The minimum Gasteiger partial charge on any atom is -0.466 e. The van der Waals surface area contributed by atoms with Crippen molar-refractivity contribution in [2.75, 3.05) is 18.5 Å². The lowest BCUT2D eigenvalue weighted by Gasteiger charge is -2.07. The molecule has 0 aliphatic heterocycles. The minimum absolute atomic E-state index is 0.208. The van der Waals surface area contributed by atoms with Crippen LogP contribution in [0.25, 0.3) is 0 Å². The van der Waals surface area contributed by atoms with E-state index >= 15 is 0 Å². The second-order valence-electron chi connectivity index (χ2n) is 7.44. The highest BCUT2D eigenvalue weighted by Gasteiger charge is 2.12. The molecule has 0 saturated carbocycles. The molecule has 0 unspecified atom stereocenters. The van der Waals surface area contributed by atoms with E-state index in [2.05, 4.69) is 24.4 Å². The van der Waals surface area contributed by atoms with Crippen molar-refractivity contribution in [3.8, 4) is 0 Å². The summed E-state index contributed by atoms with van der Waals surface area (Å²) in [6.45, 7) is 5.14. The van der Waals surface area contributed by atoms with Crippen molar-refractivity contribution >= 4 is 17.4 Å². The fraction of sp³-hybridized carbons (Fsp3) is 0.600. The molecule has 4 nitrogen and oxygen atoms in total. The van der Waals surface area contributed by atoms with Crippen molar-refractivity contribution in [2.45, 2.75) is 84.5 Å². The molecule has 29 heavy (non-hydrogen) atoms. The standard InChI is InChI=1S/C25H39NO3/c1-3-5-6-7-8-9-10-11-12-13-14-15-19-26-23-18-16-17-22(20-23)24(27)21-25(28)29-4-2/h12-13,16-18,20,26H,3-11,14-15,19,21H2,1-2H3/b13-12+. The number of benzene rings is 1. The summed E-state index contributed by atoms with van der Waals surface area (Å²) >= 11 is 0. The molecule has 0 aliphatic carbocycles. The third kappa shape index (κ3) is 12.9. The number of rotatable bonds is 17. The van der Waals surface area contributed by atoms with Crippen molar-refractivity contribution in [2.24, 2.45) is 0 Å². The van der Waals surface area contributed by atoms with Crippen LogP contribution in [0.2, 0.25) is 0 Å². The van der Waals surface area contributed by atoms with E-state index in [1.54, 1.807) is 19.1 Å². The van der Waals surface area contributed by atoms with Gasteiger partial charge in [-0.3, -0.25) is 9.59 Å². The third-order valence-electron chi connectivity index (χ3n) is 4.81. The maximum Gasteiger partial charge on any atom is 0.313 e. The number of hydrogen-bond donors (Lipinski definition) is 1. The van der Waals surface area contributed by atoms with E-state index in [1.165, 1.54) is 51.4 Å². The molecule has 1 aromatic carbocycles. The molecule has 1 rings (SSSR count). The summed E-state index contributed by atoms with van der Waals surface area (Å²) in [7, 11) is 0. The Labute approximate surface area is 177 Å². The van der Waals surface area contributed by atoms with Crippen LogP contribution >= 0.6 is 0 Å². The molecule has 0 aromatic heterocycles. The van der Waals surface area contributed by atoms with Gasteiger partial charge in [-0.25, -0.2) is 0 Å². The number of allylic oxidation sites excluding steroid dienone is 2. The van der Waals surface area contributed by atoms with Gasteiger partial charge in [-0.05, 0) is 44.7 Å². The lowest BCUT2D eigenvalue weighted by atomic mass is 10.1. The number of unbranched alkanes of at least 4 members (excludes halogenated alkanes) is 8. The summed E-state index contributed by atoms with van der Waals surface area (Å²) in [6.07, 6.45) is 17.2. The zero-order valence-corrected chi connectivity index (χ0v) is 18.4. The van der Waals surface area contributed by atoms with Crippen LogP contribution in [-0.4, -0.2) is 24.9 Å². The van der Waals surface area contributed by atoms with Crippen LogP contribution in [0.4, 0.5) is 5.69 Å². The van der Waals surface area contributed by atoms with Gasteiger partial charge in [-0.15, -0.1) is 0 Å². The van der Waals surface area contributed by atoms with Crippen LogP contribution in [0.3, 0.4) is 0 Å². The highest BCUT2D eigenvalue weighted by atomic mass is 16.5. The molecule has 0 amide bonds. The maximum atomic E-state index is 12.1. The van der Waals surface area contributed by atoms with Crippen LogP contribution < -0.4 is 5.32 Å². The van der Waals surface area contributed by atoms with Gasteiger partial charge >= 0.3 is 5.97 Å². The predicted molar refractivity (Wildman–Crippen MR) is 121 cm³/mol. The normalized spacial score (nSPS) is 11.0. The molecule has 0 fully saturated rings. The SMILES string of the molecule is CCCCCCCCC/C=C/CCCNc1cccc(C(=O)CC(=O)OCC)c1. The molecule has 0 bridgehead atoms. The molecule has 4 heteroatoms. The third-order valence-corrected chi connectivity index (χ3v) is 4.81. The van der Waals surface area contributed by atoms with Gasteiger partial charge in [0.2, 0.25) is 0 Å². The Balaban J connectivity index is 2.14. The summed E-state index contributed by atoms with van der Waals surface area (Å²) < 4.78 is 4.84. The monoisotopic (exact) mass is 401 g/mol. The van der Waals surface area contributed by atoms with Crippen molar-refractivity contribution in [3.05, 3.63) is 42.0 Å². The number of hydrogen-bond acceptors (Lipinski definition) is 4. The number of Topliss-reactive ketones (excluding diaryl/α,β-unsaturated/α-hetero) is 1. The Morgan fingerprint density at radius 1 is 0.931 bits per heavy atom. The Hall–Kier alpha value is -2.10. The quantitative estimate of drug-likeness (QED) is 0.104. The van der Waals surface area contributed by atoms with Gasteiger partial charge in [-0.1, -0.05) is 69.7 Å². The highest BCUT2D eigenvalue weighted by Crippen LogP contribution is 2.13. The lowest BCUT2D eigenvalue weighted by molar-refractivity contribution is -0.141. The van der Waals surface area contributed by atoms with Crippen molar-refractivity contribution in [1.82, 2.24) is 0 Å². The summed E-state index contributed by atoms with van der Waals surface area (Å²) in [4.78, 5) is 23.6. The number of ketones is 1. The van der Waals surface area contributed by atoms with Gasteiger partial charge in [-0.2, -0.15) is 0 Å². The number of ether oxygens (including phenoxy) is 1. The van der Waals surface area contributed by atoms with Crippen LogP contribution in [-0.2, 0) is 9.53 Å². The fourth-order valence-corrected chi connectivity index (χ4v) is 3.16. The Morgan fingerprint density at radius 3 is 2.34 bits per heavy atom. The summed E-state index contributed by atoms with van der Waals surface area (Å²) in [5.74, 6) is -0.681. The number of esters is 1. The zero-order valence-electron chi connectivity index (χ0n) is 18.4. The summed E-state index contributed by atoms with van der Waals surface area (Å²) in [5.41, 5.74) is 1.45. The first-order valence-corrected chi connectivity index (χ1v) is 11.3. The molecule has 1 N–H and O–H groups in total. The maximum absolute atomic E-state index is 12.1. The highest BCUT2D eigenvalue weighted by molar-refractivity contribution is 6.06. The summed E-state index contributed by atoms with van der Waals surface area (Å²) in [5, 5.41) is 3.35. The first-order valence-electron chi connectivity index (χ1n) is 11.3. The van der Waals surface area contributed by atoms with E-state index in [-0.39, 0.29) is 12.2 Å². The molecule has 162 valence electrons. The van der Waals surface area contributed by atoms with Crippen LogP contribution in [0, 0.1) is 0 Å². The zero-order chi connectivity index (χ0) is 21.2. The fourth-order valence-electron chi connectivity index (χ4n) is 3.16. The smallest absolute Gasteiger partial charge is 0.313 e. The molecule has 0 heterocycles. The van der Waals surface area contributed by atoms with Gasteiger partial charge in [0.05, 0.1) is 6.61 Å². The first-order chi connectivity index (χ1) is 14.2. The van der Waals surface area contributed by atoms with E-state index in [1.807, 2.05) is 12.1 Å². The second kappa shape index (κ2) is 16.8. The molecular formula is C25H39NO3. The van der Waals surface area contributed by atoms with Gasteiger partial charge in [0.15, 0.2) is 5.78 Å². The first kappa shape index (κ1) is 24.9. The van der Waals surface area contributed by atoms with Gasteiger partial charge in [0.25, 0.3) is 0 Å². The van der Waals surface area contributed by atoms with E-state index in [0.717, 1.165) is 25.1 Å². The van der Waals surface area contributed by atoms with E-state index < -0.39 is 5.97 Å². The number of nitrogens with one attached hydrogen (secondary N) is 1. The van der Waals surface area contributed by atoms with E-state index in [4.69, 9.17) is 4.74 Å². The average Bonchev–Trinajstić information content (AvgIpc) is 2.72. The van der Waals surface area contributed by atoms with Crippen molar-refractivity contribution < 1.29 is 14.3 Å². The van der Waals surface area contributed by atoms with Gasteiger partial charge < -0.3 is 10.1 Å². The van der Waals surface area contributed by atoms with Gasteiger partial charge in [0, 0.05) is 17.8 Å². The Kier molecular flexibility index (Phi) is 14.5. The largest absolute Gasteiger partial charge is 0.466 e. The number of carbonyl (C=O) groups is 2. The van der Waals surface area contributed by atoms with Crippen molar-refractivity contribution in [1.29, 1.82) is 0 Å². The van der Waals surface area contributed by atoms with Crippen LogP contribution in [0.15, 0.2) is 36.4 Å². The topological polar surface area (TPSA) is 55.4 Å². The van der Waals surface area contributed by atoms with E-state index in [9.17, 15) is 9.59 Å². The Bertz CT molecular complexity index is 610. The van der Waals surface area contributed by atoms with Crippen molar-refractivity contribution in [3.63, 3.8) is 0 Å². The van der Waals surface area contributed by atoms with Gasteiger partial charge in [0.1, 0.15) is 6.42 Å². The van der Waals surface area contributed by atoms with Crippen LogP contribution in [0.5, 0.6) is 0 Å². The minimum atomic E-state index is -0.473. The molecule has 0 radical (unpaired) electrons. The molecule has 1 aromatic rings. The molecule has 0 saturated heterocycles. The molecule has 0 atom stereocenters. The van der Waals surface area contributed by atoms with E-state index in [0.29, 0.717) is 12.2 Å². The van der Waals surface area contributed by atoms with Crippen LogP contribution in [0.1, 0.15) is 94.8 Å². The predicted octanol–water partition coefficient (Wildman–Crippen LogP) is 6.71. The molecule has 0 aliphatic rings. The second-order valence-corrected chi connectivity index (χ2v) is 7.44. The average molecular weight is 402 g/mol. The number of carbonyl (C=O) groups excluding carboxylic acids is 2.